The fraction of sp³-hybridized carbons (Fsp3) is 0.455. The van der Waals surface area contributed by atoms with E-state index in [1.54, 1.807) is 19.3 Å². The number of nitrogens with one attached hydrogen (secondary N) is 1. The van der Waals surface area contributed by atoms with Crippen molar-refractivity contribution in [3.63, 3.8) is 0 Å². The zero-order chi connectivity index (χ0) is 20.6. The molecule has 5 nitrogen and oxygen atoms in total. The van der Waals surface area contributed by atoms with Crippen LogP contribution in [0, 0.1) is 11.6 Å². The number of nitrogens with zero attached hydrogens (tertiary/aromatic N) is 4. The molecule has 30 heavy (non-hydrogen) atoms. The lowest BCUT2D eigenvalue weighted by Crippen LogP contribution is -2.53. The molecule has 0 amide bonds. The summed E-state index contributed by atoms with van der Waals surface area (Å²) in [6.07, 6.45) is 5.31. The minimum atomic E-state index is -0.535. The quantitative estimate of drug-likeness (QED) is 0.351. The first-order valence-corrected chi connectivity index (χ1v) is 10.2. The Labute approximate surface area is 194 Å². The highest BCUT2D eigenvalue weighted by Crippen LogP contribution is 2.28. The van der Waals surface area contributed by atoms with Gasteiger partial charge in [-0.25, -0.2) is 8.78 Å². The summed E-state index contributed by atoms with van der Waals surface area (Å²) >= 11 is 0. The molecule has 3 rings (SSSR count). The van der Waals surface area contributed by atoms with Crippen LogP contribution in [-0.4, -0.2) is 60.5 Å². The molecular formula is C22H30F2IN5. The monoisotopic (exact) mass is 529 g/mol. The fourth-order valence-electron chi connectivity index (χ4n) is 3.89. The number of benzene rings is 1. The van der Waals surface area contributed by atoms with E-state index in [9.17, 15) is 8.78 Å². The van der Waals surface area contributed by atoms with Crippen molar-refractivity contribution in [1.82, 2.24) is 20.1 Å². The molecular weight excluding hydrogens is 499 g/mol. The van der Waals surface area contributed by atoms with Gasteiger partial charge in [0.15, 0.2) is 5.96 Å². The van der Waals surface area contributed by atoms with Gasteiger partial charge in [-0.15, -0.1) is 24.0 Å². The van der Waals surface area contributed by atoms with Gasteiger partial charge in [0.05, 0.1) is 0 Å². The number of halogens is 3. The Kier molecular flexibility index (Phi) is 9.90. The Morgan fingerprint density at radius 2 is 1.97 bits per heavy atom. The van der Waals surface area contributed by atoms with E-state index < -0.39 is 11.6 Å². The number of rotatable bonds is 6. The summed E-state index contributed by atoms with van der Waals surface area (Å²) in [6.45, 7) is 6.06. The maximum atomic E-state index is 14.3. The maximum Gasteiger partial charge on any atom is 0.193 e. The average Bonchev–Trinajstić information content (AvgIpc) is 2.74. The molecule has 8 heteroatoms. The van der Waals surface area contributed by atoms with E-state index >= 15 is 0 Å². The van der Waals surface area contributed by atoms with E-state index in [1.165, 1.54) is 11.6 Å². The highest BCUT2D eigenvalue weighted by Gasteiger charge is 2.27. The molecule has 0 spiro atoms. The van der Waals surface area contributed by atoms with Crippen molar-refractivity contribution in [2.75, 3.05) is 39.8 Å². The second-order valence-corrected chi connectivity index (χ2v) is 7.20. The van der Waals surface area contributed by atoms with E-state index in [1.807, 2.05) is 19.2 Å². The number of hydrogen-bond acceptors (Lipinski definition) is 3. The van der Waals surface area contributed by atoms with Crippen LogP contribution < -0.4 is 5.32 Å². The van der Waals surface area contributed by atoms with Gasteiger partial charge in [-0.1, -0.05) is 19.1 Å². The van der Waals surface area contributed by atoms with Gasteiger partial charge in [-0.3, -0.25) is 14.9 Å². The molecule has 164 valence electrons. The molecule has 1 aromatic heterocycles. The van der Waals surface area contributed by atoms with Crippen LogP contribution in [0.2, 0.25) is 0 Å². The van der Waals surface area contributed by atoms with Crippen LogP contribution in [0.25, 0.3) is 0 Å². The lowest BCUT2D eigenvalue weighted by molar-refractivity contribution is 0.124. The largest absolute Gasteiger partial charge is 0.356 e. The minimum Gasteiger partial charge on any atom is -0.356 e. The van der Waals surface area contributed by atoms with Crippen LogP contribution in [0.5, 0.6) is 0 Å². The van der Waals surface area contributed by atoms with Crippen molar-refractivity contribution in [2.45, 2.75) is 25.8 Å². The number of aliphatic imine (C=N–C) groups is 1. The second-order valence-electron chi connectivity index (χ2n) is 7.20. The molecule has 0 bridgehead atoms. The summed E-state index contributed by atoms with van der Waals surface area (Å²) in [7, 11) is 1.79. The summed E-state index contributed by atoms with van der Waals surface area (Å²) in [5, 5.41) is 3.42. The van der Waals surface area contributed by atoms with Gasteiger partial charge in [-0.05, 0) is 30.5 Å². The van der Waals surface area contributed by atoms with Crippen LogP contribution in [0.3, 0.4) is 0 Å². The van der Waals surface area contributed by atoms with Gasteiger partial charge in [0.2, 0.25) is 0 Å². The normalized spacial score (nSPS) is 16.1. The van der Waals surface area contributed by atoms with Crippen LogP contribution in [-0.2, 0) is 6.42 Å². The van der Waals surface area contributed by atoms with Gasteiger partial charge in [0, 0.05) is 69.8 Å². The molecule has 2 aromatic rings. The summed E-state index contributed by atoms with van der Waals surface area (Å²) in [6, 6.07) is 7.85. The van der Waals surface area contributed by atoms with Crippen molar-refractivity contribution < 1.29 is 8.78 Å². The van der Waals surface area contributed by atoms with Crippen molar-refractivity contribution in [1.29, 1.82) is 0 Å². The van der Waals surface area contributed by atoms with E-state index in [0.717, 1.165) is 57.6 Å². The Balaban J connectivity index is 0.00000320. The molecule has 0 aliphatic carbocycles. The third-order valence-corrected chi connectivity index (χ3v) is 5.39. The highest BCUT2D eigenvalue weighted by molar-refractivity contribution is 14.0. The summed E-state index contributed by atoms with van der Waals surface area (Å²) in [5.41, 5.74) is 1.76. The molecule has 1 unspecified atom stereocenters. The zero-order valence-electron chi connectivity index (χ0n) is 17.5. The number of guanidine groups is 1. The first kappa shape index (κ1) is 24.5. The second kappa shape index (κ2) is 12.1. The lowest BCUT2D eigenvalue weighted by Gasteiger charge is -2.40. The summed E-state index contributed by atoms with van der Waals surface area (Å²) in [4.78, 5) is 13.1. The number of pyridine rings is 1. The summed E-state index contributed by atoms with van der Waals surface area (Å²) in [5.74, 6) is -0.117. The van der Waals surface area contributed by atoms with Crippen LogP contribution in [0.1, 0.15) is 30.5 Å². The Morgan fingerprint density at radius 3 is 2.57 bits per heavy atom. The van der Waals surface area contributed by atoms with Gasteiger partial charge in [0.25, 0.3) is 0 Å². The molecule has 1 atom stereocenters. The number of hydrogen-bond donors (Lipinski definition) is 1. The van der Waals surface area contributed by atoms with Gasteiger partial charge in [0.1, 0.15) is 11.6 Å². The molecule has 1 aliphatic heterocycles. The van der Waals surface area contributed by atoms with Gasteiger partial charge < -0.3 is 10.2 Å². The predicted molar refractivity (Wildman–Crippen MR) is 127 cm³/mol. The standard InChI is InChI=1S/C22H29F2N5.HI/c1-3-21(19-7-6-18(23)15-20(19)24)28-11-13-29(14-12-28)22(25-2)27-10-8-17-5-4-9-26-16-17;/h4-7,9,15-16,21H,3,8,10-14H2,1-2H3,(H,25,27);1H. The van der Waals surface area contributed by atoms with Gasteiger partial charge >= 0.3 is 0 Å². The van der Waals surface area contributed by atoms with Gasteiger partial charge in [-0.2, -0.15) is 0 Å². The van der Waals surface area contributed by atoms with Crippen molar-refractivity contribution in [3.05, 3.63) is 65.5 Å². The average molecular weight is 529 g/mol. The number of piperazine rings is 1. The van der Waals surface area contributed by atoms with Crippen molar-refractivity contribution >= 4 is 29.9 Å². The topological polar surface area (TPSA) is 43.8 Å². The lowest BCUT2D eigenvalue weighted by atomic mass is 10.0. The SMILES string of the molecule is CCC(c1ccc(F)cc1F)N1CCN(C(=NC)NCCc2cccnc2)CC1.I. The molecule has 2 heterocycles. The Morgan fingerprint density at radius 1 is 1.20 bits per heavy atom. The number of aromatic nitrogens is 1. The van der Waals surface area contributed by atoms with E-state index in [4.69, 9.17) is 0 Å². The molecule has 1 fully saturated rings. The Hall–Kier alpha value is -1.81. The first-order valence-electron chi connectivity index (χ1n) is 10.2. The fourth-order valence-corrected chi connectivity index (χ4v) is 3.89. The highest BCUT2D eigenvalue weighted by atomic mass is 127. The van der Waals surface area contributed by atoms with Crippen LogP contribution >= 0.6 is 24.0 Å². The molecule has 1 aromatic carbocycles. The molecule has 1 saturated heterocycles. The zero-order valence-corrected chi connectivity index (χ0v) is 19.9. The molecule has 0 radical (unpaired) electrons. The van der Waals surface area contributed by atoms with E-state index in [0.29, 0.717) is 5.56 Å². The summed E-state index contributed by atoms with van der Waals surface area (Å²) < 4.78 is 27.5. The third-order valence-electron chi connectivity index (χ3n) is 5.39. The van der Waals surface area contributed by atoms with E-state index in [2.05, 4.69) is 31.2 Å². The molecule has 1 N–H and O–H groups in total. The first-order chi connectivity index (χ1) is 14.1. The van der Waals surface area contributed by atoms with Crippen molar-refractivity contribution in [3.8, 4) is 0 Å². The predicted octanol–water partition coefficient (Wildman–Crippen LogP) is 3.86. The molecule has 0 saturated carbocycles. The smallest absolute Gasteiger partial charge is 0.193 e. The van der Waals surface area contributed by atoms with Crippen LogP contribution in [0.4, 0.5) is 8.78 Å². The van der Waals surface area contributed by atoms with Crippen LogP contribution in [0.15, 0.2) is 47.7 Å². The maximum absolute atomic E-state index is 14.3. The van der Waals surface area contributed by atoms with E-state index in [-0.39, 0.29) is 30.0 Å². The van der Waals surface area contributed by atoms with Crippen molar-refractivity contribution in [2.24, 2.45) is 4.99 Å². The third kappa shape index (κ3) is 6.34. The minimum absolute atomic E-state index is 0. The Bertz CT molecular complexity index is 810. The molecule has 1 aliphatic rings.